The van der Waals surface area contributed by atoms with Crippen LogP contribution in [0.1, 0.15) is 63.7 Å². The Bertz CT molecular complexity index is 3560. The zero-order chi connectivity index (χ0) is 71.3. The molecule has 0 saturated carbocycles. The number of carbonyl (C=O) groups excluding carboxylic acids is 5. The molecule has 2 aliphatic rings. The number of ether oxygens (including phenoxy) is 13. The molecule has 0 radical (unpaired) electrons. The summed E-state index contributed by atoms with van der Waals surface area (Å²) in [5.41, 5.74) is 2.32. The van der Waals surface area contributed by atoms with E-state index in [0.717, 1.165) is 5.56 Å². The molecule has 99 heavy (non-hydrogen) atoms. The van der Waals surface area contributed by atoms with Crippen molar-refractivity contribution in [2.24, 2.45) is 5.90 Å². The highest BCUT2D eigenvalue weighted by molar-refractivity contribution is 7.61. The van der Waals surface area contributed by atoms with E-state index in [1.54, 1.807) is 31.4 Å². The number of nitrogens with two attached hydrogens (primary N) is 1. The highest BCUT2D eigenvalue weighted by Gasteiger charge is 2.41. The maximum Gasteiger partial charge on any atom is 0.536 e. The summed E-state index contributed by atoms with van der Waals surface area (Å²) in [6.45, 7) is 4.74. The number of benzene rings is 3. The Labute approximate surface area is 576 Å². The molecular formula is C62H89ClN8O26P2. The second-order valence-corrected chi connectivity index (χ2v) is 25.2. The predicted octanol–water partition coefficient (Wildman–Crippen LogP) is 4.42. The Kier molecular flexibility index (Phi) is 32.5. The van der Waals surface area contributed by atoms with Crippen LogP contribution in [0.2, 0.25) is 0 Å². The van der Waals surface area contributed by atoms with Crippen molar-refractivity contribution in [3.05, 3.63) is 58.9 Å². The molecule has 550 valence electrons. The monoisotopic (exact) mass is 1460 g/mol. The molecule has 5 amide bonds. The van der Waals surface area contributed by atoms with Gasteiger partial charge < -0.3 is 107 Å². The van der Waals surface area contributed by atoms with E-state index in [-0.39, 0.29) is 97.0 Å². The molecule has 0 aliphatic carbocycles. The van der Waals surface area contributed by atoms with Crippen LogP contribution in [0, 0.1) is 0 Å². The van der Waals surface area contributed by atoms with Crippen molar-refractivity contribution in [1.82, 2.24) is 25.9 Å². The maximum atomic E-state index is 14.8. The highest BCUT2D eigenvalue weighted by atomic mass is 35.5. The molecule has 37 heteroatoms. The van der Waals surface area contributed by atoms with E-state index in [0.29, 0.717) is 145 Å². The molecule has 3 unspecified atom stereocenters. The summed E-state index contributed by atoms with van der Waals surface area (Å²) in [6, 6.07) is 8.22. The summed E-state index contributed by atoms with van der Waals surface area (Å²) in [6.07, 6.45) is 1.34. The third kappa shape index (κ3) is 23.0. The Hall–Kier alpha value is -6.92. The van der Waals surface area contributed by atoms with E-state index < -0.39 is 76.7 Å². The number of phosphoric ester groups is 2. The minimum Gasteiger partial charge on any atom is -0.493 e. The van der Waals surface area contributed by atoms with Gasteiger partial charge in [0.05, 0.1) is 164 Å². The van der Waals surface area contributed by atoms with Crippen LogP contribution < -0.4 is 59.9 Å². The smallest absolute Gasteiger partial charge is 0.493 e. The maximum absolute atomic E-state index is 14.8. The third-order valence-corrected chi connectivity index (χ3v) is 18.3. The van der Waals surface area contributed by atoms with Crippen LogP contribution in [0.3, 0.4) is 0 Å². The number of hydrogen-bond acceptors (Lipinski definition) is 25. The first-order valence-corrected chi connectivity index (χ1v) is 35.2. The minimum absolute atomic E-state index is 0.0243. The number of H-pyrrole nitrogens is 2. The van der Waals surface area contributed by atoms with Gasteiger partial charge in [0.25, 0.3) is 11.8 Å². The molecule has 0 spiro atoms. The second-order valence-electron chi connectivity index (χ2n) is 21.9. The average Bonchev–Trinajstić information content (AvgIpc) is 1.58. The molecule has 0 fully saturated rings. The van der Waals surface area contributed by atoms with Crippen LogP contribution in [0.25, 0.3) is 21.8 Å². The molecule has 2 aromatic heterocycles. The van der Waals surface area contributed by atoms with Crippen LogP contribution >= 0.6 is 27.2 Å². The number of unbranched alkanes of at least 4 members (excludes halogenated alkanes) is 1. The summed E-state index contributed by atoms with van der Waals surface area (Å²) in [4.78, 5) is 103. The molecule has 3 aromatic carbocycles. The number of rotatable bonds is 49. The van der Waals surface area contributed by atoms with Crippen molar-refractivity contribution in [2.75, 3.05) is 197 Å². The van der Waals surface area contributed by atoms with Crippen LogP contribution in [0.15, 0.2) is 36.4 Å². The number of nitrogens with zero attached hydrogens (tertiary/aromatic N) is 2. The van der Waals surface area contributed by atoms with Crippen LogP contribution in [-0.4, -0.2) is 242 Å². The number of methoxy groups -OCH3 is 6. The lowest BCUT2D eigenvalue weighted by atomic mass is 9.98. The fourth-order valence-electron chi connectivity index (χ4n) is 10.8. The van der Waals surface area contributed by atoms with Crippen molar-refractivity contribution in [2.45, 2.75) is 44.1 Å². The average molecular weight is 1460 g/mol. The minimum atomic E-state index is -5.74. The Morgan fingerprint density at radius 2 is 1.17 bits per heavy atom. The Morgan fingerprint density at radius 1 is 0.606 bits per heavy atom. The molecule has 4 heterocycles. The number of nitrogens with one attached hydrogen (secondary N) is 5. The van der Waals surface area contributed by atoms with E-state index in [1.807, 2.05) is 0 Å². The Balaban J connectivity index is 0.885. The predicted molar refractivity (Wildman–Crippen MR) is 358 cm³/mol. The standard InChI is InChI=1S/C62H89ClN8O26P2/c1-81-17-18-88-21-22-90-25-26-92-29-30-93-28-27-91-24-23-89-20-19-87-15-11-53(72)65-12-8-7-9-44(67-54(73)39-94-64)60(74)66-13-16-95-98(77,78)97-99(79,80)96-51-36-48-55(43-34-46(69-57(43)51)61(75)70-14-10-40-32-49(82-2)50(83-3)35-47(40)70)42(37-63)38-71(48)62(76)45-31-41-33-52(84-4)58(85-5)59(86-6)56(41)68-45/h31-36,42,44,68-69H,7-30,37-39,64H2,1-6H3,(H,65,72)(H,66,74)(H,67,73)(H,77,78)(H,79,80)/t42-,44?/m1/s1. The quantitative estimate of drug-likeness (QED) is 0.0116. The van der Waals surface area contributed by atoms with Crippen LogP contribution in [0.5, 0.6) is 34.5 Å². The van der Waals surface area contributed by atoms with Gasteiger partial charge in [-0.3, -0.25) is 38.2 Å². The molecule has 2 aliphatic heterocycles. The van der Waals surface area contributed by atoms with E-state index in [1.165, 1.54) is 57.5 Å². The number of phosphoric acid groups is 2. The number of aromatic nitrogens is 2. The summed E-state index contributed by atoms with van der Waals surface area (Å²) < 4.78 is 114. The molecule has 9 N–H and O–H groups in total. The van der Waals surface area contributed by atoms with Crippen molar-refractivity contribution in [3.63, 3.8) is 0 Å². The number of amides is 5. The summed E-state index contributed by atoms with van der Waals surface area (Å²) in [5.74, 6) is 2.74. The van der Waals surface area contributed by atoms with E-state index in [4.69, 9.17) is 92.4 Å². The van der Waals surface area contributed by atoms with Gasteiger partial charge in [-0.25, -0.2) is 15.0 Å². The molecule has 5 aromatic rings. The van der Waals surface area contributed by atoms with Gasteiger partial charge in [-0.05, 0) is 61.1 Å². The van der Waals surface area contributed by atoms with Gasteiger partial charge in [-0.1, -0.05) is 0 Å². The first-order valence-electron chi connectivity index (χ1n) is 31.7. The fourth-order valence-corrected chi connectivity index (χ4v) is 13.1. The summed E-state index contributed by atoms with van der Waals surface area (Å²) >= 11 is 6.65. The summed E-state index contributed by atoms with van der Waals surface area (Å²) in [5, 5.41) is 8.48. The highest BCUT2D eigenvalue weighted by Crippen LogP contribution is 2.61. The first-order chi connectivity index (χ1) is 47.8. The number of halogens is 1. The van der Waals surface area contributed by atoms with Gasteiger partial charge >= 0.3 is 15.6 Å². The molecule has 34 nitrogen and oxygen atoms in total. The lowest BCUT2D eigenvalue weighted by Crippen LogP contribution is -2.48. The first kappa shape index (κ1) is 79.4. The fraction of sp³-hybridized carbons (Fsp3) is 0.565. The normalized spacial score (nSPS) is 14.9. The van der Waals surface area contributed by atoms with E-state index in [9.17, 15) is 42.9 Å². The topological polar surface area (TPSA) is 417 Å². The molecule has 0 saturated heterocycles. The molecular weight excluding hydrogens is 1370 g/mol. The zero-order valence-electron chi connectivity index (χ0n) is 56.1. The zero-order valence-corrected chi connectivity index (χ0v) is 58.7. The van der Waals surface area contributed by atoms with Gasteiger partial charge in [0.2, 0.25) is 23.5 Å². The van der Waals surface area contributed by atoms with Crippen LogP contribution in [0.4, 0.5) is 11.4 Å². The van der Waals surface area contributed by atoms with Gasteiger partial charge in [-0.15, -0.1) is 11.6 Å². The second kappa shape index (κ2) is 40.5. The Morgan fingerprint density at radius 3 is 1.76 bits per heavy atom. The lowest BCUT2D eigenvalue weighted by molar-refractivity contribution is -0.131. The van der Waals surface area contributed by atoms with Crippen molar-refractivity contribution < 1.29 is 123 Å². The SMILES string of the molecule is COCCOCCOCCOCCOCCOCCOCCOCCC(=O)NCCCCC(NC(=O)CON)C(=O)NCCOP(=O)(O)OP(=O)(O)Oc1cc2c(c3cc(C(=O)N4CCc5cc(OC)c(OC)cc54)[nH]c13)[C@H](CCl)CN2C(=O)c1cc2cc(OC)c(OC)c(OC)c2[nH]1. The van der Waals surface area contributed by atoms with Gasteiger partial charge in [-0.2, -0.15) is 4.31 Å². The van der Waals surface area contributed by atoms with E-state index >= 15 is 0 Å². The lowest BCUT2D eigenvalue weighted by Gasteiger charge is -2.20. The largest absolute Gasteiger partial charge is 0.536 e. The van der Waals surface area contributed by atoms with Crippen molar-refractivity contribution in [1.29, 1.82) is 0 Å². The van der Waals surface area contributed by atoms with Crippen LogP contribution in [-0.2, 0) is 81.5 Å². The van der Waals surface area contributed by atoms with Crippen molar-refractivity contribution in [3.8, 4) is 34.5 Å². The molecule has 0 bridgehead atoms. The van der Waals surface area contributed by atoms with E-state index in [2.05, 4.69) is 30.8 Å². The van der Waals surface area contributed by atoms with Gasteiger partial charge in [0, 0.05) is 74.4 Å². The third-order valence-electron chi connectivity index (χ3n) is 15.4. The molecule has 7 rings (SSSR count). The van der Waals surface area contributed by atoms with Gasteiger partial charge in [0.15, 0.2) is 28.7 Å². The molecule has 4 atom stereocenters. The van der Waals surface area contributed by atoms with Gasteiger partial charge in [0.1, 0.15) is 24.0 Å². The number of fused-ring (bicyclic) bond motifs is 5. The number of alkyl halides is 1. The van der Waals surface area contributed by atoms with Crippen molar-refractivity contribution >= 4 is 90.0 Å². The number of carbonyl (C=O) groups is 5. The summed E-state index contributed by atoms with van der Waals surface area (Å²) in [7, 11) is -2.41. The number of aromatic amines is 2. The number of anilines is 2. The number of hydrogen-bond donors (Lipinski definition) is 8.